The fourth-order valence-corrected chi connectivity index (χ4v) is 5.64. The predicted octanol–water partition coefficient (Wildman–Crippen LogP) is 3.69. The van der Waals surface area contributed by atoms with Crippen molar-refractivity contribution < 1.29 is 22.3 Å². The summed E-state index contributed by atoms with van der Waals surface area (Å²) in [4.78, 5) is 14.5. The SMILES string of the molecule is COc1ccc(CN(C)C(=O)C2CCN(S(=O)(=O)Cc3c(F)cccc3Cl)CC2)cc1. The Morgan fingerprint density at radius 3 is 2.42 bits per heavy atom. The van der Waals surface area contributed by atoms with Crippen LogP contribution in [0.3, 0.4) is 0 Å². The van der Waals surface area contributed by atoms with Crippen LogP contribution in [0.25, 0.3) is 0 Å². The van der Waals surface area contributed by atoms with Crippen LogP contribution in [0.2, 0.25) is 5.02 Å². The molecular weight excluding hydrogens is 443 g/mol. The van der Waals surface area contributed by atoms with Gasteiger partial charge in [0.25, 0.3) is 0 Å². The third-order valence-electron chi connectivity index (χ3n) is 5.54. The van der Waals surface area contributed by atoms with Crippen LogP contribution in [0, 0.1) is 11.7 Å². The summed E-state index contributed by atoms with van der Waals surface area (Å²) >= 11 is 5.98. The van der Waals surface area contributed by atoms with E-state index in [1.54, 1.807) is 19.1 Å². The number of carbonyl (C=O) groups is 1. The van der Waals surface area contributed by atoms with Crippen molar-refractivity contribution in [3.8, 4) is 5.75 Å². The minimum Gasteiger partial charge on any atom is -0.497 e. The van der Waals surface area contributed by atoms with Crippen molar-refractivity contribution in [1.29, 1.82) is 0 Å². The fraction of sp³-hybridized carbons (Fsp3) is 0.409. The van der Waals surface area contributed by atoms with Gasteiger partial charge in [0.2, 0.25) is 15.9 Å². The molecule has 9 heteroatoms. The first kappa shape index (κ1) is 23.5. The maximum atomic E-state index is 14.0. The van der Waals surface area contributed by atoms with Gasteiger partial charge in [-0.2, -0.15) is 0 Å². The number of methoxy groups -OCH3 is 1. The maximum Gasteiger partial charge on any atom is 0.225 e. The van der Waals surface area contributed by atoms with Crippen molar-refractivity contribution >= 4 is 27.5 Å². The summed E-state index contributed by atoms with van der Waals surface area (Å²) in [5.41, 5.74) is 0.958. The molecule has 0 spiro atoms. The maximum absolute atomic E-state index is 14.0. The van der Waals surface area contributed by atoms with E-state index in [1.165, 1.54) is 22.5 Å². The first-order valence-electron chi connectivity index (χ1n) is 10.00. The second kappa shape index (κ2) is 9.97. The van der Waals surface area contributed by atoms with E-state index in [4.69, 9.17) is 16.3 Å². The molecular formula is C22H26ClFN2O4S. The van der Waals surface area contributed by atoms with Crippen LogP contribution in [0.5, 0.6) is 5.75 Å². The molecule has 0 unspecified atom stereocenters. The Morgan fingerprint density at radius 1 is 1.19 bits per heavy atom. The van der Waals surface area contributed by atoms with Gasteiger partial charge < -0.3 is 9.64 Å². The third-order valence-corrected chi connectivity index (χ3v) is 7.70. The van der Waals surface area contributed by atoms with Gasteiger partial charge in [0.05, 0.1) is 12.9 Å². The number of sulfonamides is 1. The van der Waals surface area contributed by atoms with Crippen LogP contribution < -0.4 is 4.74 Å². The van der Waals surface area contributed by atoms with Crippen LogP contribution in [0.4, 0.5) is 4.39 Å². The van der Waals surface area contributed by atoms with Gasteiger partial charge in [-0.05, 0) is 42.7 Å². The molecule has 1 heterocycles. The van der Waals surface area contributed by atoms with E-state index in [9.17, 15) is 17.6 Å². The van der Waals surface area contributed by atoms with Crippen molar-refractivity contribution in [2.24, 2.45) is 5.92 Å². The predicted molar refractivity (Wildman–Crippen MR) is 118 cm³/mol. The molecule has 0 atom stereocenters. The first-order chi connectivity index (χ1) is 14.7. The normalized spacial score (nSPS) is 15.6. The van der Waals surface area contributed by atoms with E-state index >= 15 is 0 Å². The number of amides is 1. The highest BCUT2D eigenvalue weighted by Gasteiger charge is 2.33. The van der Waals surface area contributed by atoms with E-state index in [0.29, 0.717) is 19.4 Å². The average molecular weight is 469 g/mol. The molecule has 1 aliphatic rings. The summed E-state index contributed by atoms with van der Waals surface area (Å²) in [6.07, 6.45) is 0.853. The number of benzene rings is 2. The van der Waals surface area contributed by atoms with Crippen molar-refractivity contribution in [3.63, 3.8) is 0 Å². The number of piperidine rings is 1. The molecule has 3 rings (SSSR count). The number of hydrogen-bond donors (Lipinski definition) is 0. The highest BCUT2D eigenvalue weighted by atomic mass is 35.5. The lowest BCUT2D eigenvalue weighted by atomic mass is 9.96. The van der Waals surface area contributed by atoms with E-state index in [0.717, 1.165) is 11.3 Å². The van der Waals surface area contributed by atoms with Crippen molar-refractivity contribution in [3.05, 3.63) is 64.4 Å². The molecule has 31 heavy (non-hydrogen) atoms. The summed E-state index contributed by atoms with van der Waals surface area (Å²) in [6.45, 7) is 0.912. The first-order valence-corrected chi connectivity index (χ1v) is 12.0. The highest BCUT2D eigenvalue weighted by molar-refractivity contribution is 7.88. The van der Waals surface area contributed by atoms with Crippen LogP contribution >= 0.6 is 11.6 Å². The number of halogens is 2. The zero-order valence-corrected chi connectivity index (χ0v) is 19.1. The minimum absolute atomic E-state index is 0.00925. The topological polar surface area (TPSA) is 66.9 Å². The van der Waals surface area contributed by atoms with E-state index in [2.05, 4.69) is 0 Å². The molecule has 168 valence electrons. The van der Waals surface area contributed by atoms with E-state index in [1.807, 2.05) is 24.3 Å². The number of carbonyl (C=O) groups excluding carboxylic acids is 1. The van der Waals surface area contributed by atoms with Gasteiger partial charge in [-0.3, -0.25) is 4.79 Å². The average Bonchev–Trinajstić information content (AvgIpc) is 2.76. The van der Waals surface area contributed by atoms with E-state index in [-0.39, 0.29) is 35.5 Å². The third kappa shape index (κ3) is 5.75. The van der Waals surface area contributed by atoms with Crippen molar-refractivity contribution in [2.45, 2.75) is 25.1 Å². The van der Waals surface area contributed by atoms with Crippen LogP contribution in [0.1, 0.15) is 24.0 Å². The monoisotopic (exact) mass is 468 g/mol. The summed E-state index contributed by atoms with van der Waals surface area (Å²) in [5.74, 6) is -0.630. The lowest BCUT2D eigenvalue weighted by Gasteiger charge is -2.32. The summed E-state index contributed by atoms with van der Waals surface area (Å²) in [7, 11) is -0.389. The fourth-order valence-electron chi connectivity index (χ4n) is 3.72. The minimum atomic E-state index is -3.73. The molecule has 1 fully saturated rings. The number of nitrogens with zero attached hydrogens (tertiary/aromatic N) is 2. The largest absolute Gasteiger partial charge is 0.497 e. The zero-order valence-electron chi connectivity index (χ0n) is 17.6. The number of hydrogen-bond acceptors (Lipinski definition) is 4. The van der Waals surface area contributed by atoms with Gasteiger partial charge in [0.1, 0.15) is 11.6 Å². The molecule has 0 saturated carbocycles. The Kier molecular flexibility index (Phi) is 7.56. The Morgan fingerprint density at radius 2 is 1.84 bits per heavy atom. The van der Waals surface area contributed by atoms with E-state index < -0.39 is 21.6 Å². The molecule has 2 aromatic rings. The molecule has 1 saturated heterocycles. The molecule has 0 radical (unpaired) electrons. The Bertz CT molecular complexity index is 1000. The van der Waals surface area contributed by atoms with Gasteiger partial charge >= 0.3 is 0 Å². The summed E-state index contributed by atoms with van der Waals surface area (Å²) < 4.78 is 46.0. The molecule has 0 bridgehead atoms. The van der Waals surface area contributed by atoms with Crippen molar-refractivity contribution in [2.75, 3.05) is 27.2 Å². The molecule has 0 N–H and O–H groups in total. The van der Waals surface area contributed by atoms with Gasteiger partial charge in [-0.25, -0.2) is 17.1 Å². The van der Waals surface area contributed by atoms with Gasteiger partial charge in [0, 0.05) is 43.2 Å². The molecule has 2 aromatic carbocycles. The van der Waals surface area contributed by atoms with Crippen molar-refractivity contribution in [1.82, 2.24) is 9.21 Å². The smallest absolute Gasteiger partial charge is 0.225 e. The van der Waals surface area contributed by atoms with Gasteiger partial charge in [-0.1, -0.05) is 29.8 Å². The summed E-state index contributed by atoms with van der Waals surface area (Å²) in [5, 5.41) is 0.0915. The Balaban J connectivity index is 1.57. The highest BCUT2D eigenvalue weighted by Crippen LogP contribution is 2.27. The van der Waals surface area contributed by atoms with Gasteiger partial charge in [-0.15, -0.1) is 0 Å². The second-order valence-electron chi connectivity index (χ2n) is 7.67. The van der Waals surface area contributed by atoms with Crippen LogP contribution in [0.15, 0.2) is 42.5 Å². The van der Waals surface area contributed by atoms with Crippen LogP contribution in [-0.4, -0.2) is 50.8 Å². The standard InChI is InChI=1S/C22H26ClFN2O4S/c1-25(14-16-6-8-18(30-2)9-7-16)22(27)17-10-12-26(13-11-17)31(28,29)15-19-20(23)4-3-5-21(19)24/h3-9,17H,10-15H2,1-2H3. The lowest BCUT2D eigenvalue weighted by molar-refractivity contribution is -0.135. The molecule has 0 aromatic heterocycles. The molecule has 6 nitrogen and oxygen atoms in total. The molecule has 1 aliphatic heterocycles. The zero-order chi connectivity index (χ0) is 22.6. The van der Waals surface area contributed by atoms with Crippen LogP contribution in [-0.2, 0) is 27.1 Å². The number of ether oxygens (including phenoxy) is 1. The van der Waals surface area contributed by atoms with Gasteiger partial charge in [0.15, 0.2) is 0 Å². The summed E-state index contributed by atoms with van der Waals surface area (Å²) in [6, 6.07) is 11.6. The quantitative estimate of drug-likeness (QED) is 0.621. The lowest BCUT2D eigenvalue weighted by Crippen LogP contribution is -2.43. The molecule has 1 amide bonds. The molecule has 0 aliphatic carbocycles. The Hall–Kier alpha value is -2.16. The number of rotatable bonds is 7. The Labute approximate surface area is 187 Å². The second-order valence-corrected chi connectivity index (χ2v) is 10.0.